The molecule has 0 aromatic heterocycles. The number of para-hydroxylation sites is 1. The summed E-state index contributed by atoms with van der Waals surface area (Å²) in [5, 5.41) is 6.24. The lowest BCUT2D eigenvalue weighted by atomic mass is 9.98. The largest absolute Gasteiger partial charge is 0.487 e. The van der Waals surface area contributed by atoms with Gasteiger partial charge in [0.25, 0.3) is 5.91 Å². The molecule has 0 unspecified atom stereocenters. The van der Waals surface area contributed by atoms with Crippen LogP contribution in [0.25, 0.3) is 11.3 Å². The molecule has 29 heavy (non-hydrogen) atoms. The van der Waals surface area contributed by atoms with Crippen molar-refractivity contribution in [3.8, 4) is 0 Å². The third kappa shape index (κ3) is 3.00. The molecule has 0 spiro atoms. The van der Waals surface area contributed by atoms with Crippen LogP contribution in [0.15, 0.2) is 42.5 Å². The number of anilines is 1. The molecule has 5 rings (SSSR count). The average Bonchev–Trinajstić information content (AvgIpc) is 3.30. The monoisotopic (exact) mass is 390 g/mol. The van der Waals surface area contributed by atoms with E-state index in [2.05, 4.69) is 22.8 Å². The highest BCUT2D eigenvalue weighted by Crippen LogP contribution is 2.41. The molecular formula is C23H22N2O4. The van der Waals surface area contributed by atoms with Gasteiger partial charge in [0.15, 0.2) is 0 Å². The maximum absolute atomic E-state index is 12.5. The molecule has 1 aliphatic carbocycles. The van der Waals surface area contributed by atoms with Crippen LogP contribution in [0.4, 0.5) is 5.69 Å². The number of ether oxygens (including phenoxy) is 2. The number of esters is 1. The molecule has 148 valence electrons. The van der Waals surface area contributed by atoms with E-state index in [0.29, 0.717) is 24.5 Å². The first kappa shape index (κ1) is 17.9. The number of nitrogens with one attached hydrogen (secondary N) is 2. The summed E-state index contributed by atoms with van der Waals surface area (Å²) in [7, 11) is 1.43. The molecule has 2 aromatic carbocycles. The minimum Gasteiger partial charge on any atom is -0.487 e. The van der Waals surface area contributed by atoms with Crippen LogP contribution in [-0.4, -0.2) is 31.1 Å². The van der Waals surface area contributed by atoms with Crippen molar-refractivity contribution in [3.05, 3.63) is 64.7 Å². The maximum atomic E-state index is 12.5. The van der Waals surface area contributed by atoms with E-state index in [1.165, 1.54) is 12.7 Å². The second-order valence-electron chi connectivity index (χ2n) is 7.73. The summed E-state index contributed by atoms with van der Waals surface area (Å²) in [5.41, 5.74) is 5.04. The molecule has 0 saturated heterocycles. The Morgan fingerprint density at radius 1 is 1.21 bits per heavy atom. The van der Waals surface area contributed by atoms with Crippen molar-refractivity contribution in [2.45, 2.75) is 31.4 Å². The lowest BCUT2D eigenvalue weighted by Gasteiger charge is -2.14. The van der Waals surface area contributed by atoms with E-state index in [9.17, 15) is 9.59 Å². The highest BCUT2D eigenvalue weighted by molar-refractivity contribution is 6.36. The van der Waals surface area contributed by atoms with Gasteiger partial charge in [0, 0.05) is 28.9 Å². The Kier molecular flexibility index (Phi) is 4.17. The molecule has 1 amide bonds. The van der Waals surface area contributed by atoms with Gasteiger partial charge in [0.2, 0.25) is 0 Å². The van der Waals surface area contributed by atoms with E-state index in [-0.39, 0.29) is 11.9 Å². The predicted molar refractivity (Wildman–Crippen MR) is 109 cm³/mol. The number of benzene rings is 2. The number of rotatable bonds is 5. The normalized spacial score (nSPS) is 20.5. The minimum atomic E-state index is -0.477. The lowest BCUT2D eigenvalue weighted by Crippen LogP contribution is -2.41. The van der Waals surface area contributed by atoms with Crippen LogP contribution in [0.5, 0.6) is 0 Å². The van der Waals surface area contributed by atoms with Gasteiger partial charge < -0.3 is 20.1 Å². The van der Waals surface area contributed by atoms with Gasteiger partial charge in [-0.2, -0.15) is 0 Å². The Hall–Kier alpha value is -3.12. The number of hydrogen-bond acceptors (Lipinski definition) is 5. The Labute approximate surface area is 168 Å². The fourth-order valence-electron chi connectivity index (χ4n) is 4.14. The van der Waals surface area contributed by atoms with Gasteiger partial charge in [0.1, 0.15) is 17.9 Å². The molecule has 6 heteroatoms. The summed E-state index contributed by atoms with van der Waals surface area (Å²) in [5.74, 6) is 0.348. The zero-order chi connectivity index (χ0) is 20.0. The van der Waals surface area contributed by atoms with Gasteiger partial charge in [-0.15, -0.1) is 0 Å². The Bertz CT molecular complexity index is 1050. The van der Waals surface area contributed by atoms with Gasteiger partial charge in [-0.25, -0.2) is 0 Å². The molecule has 6 nitrogen and oxygen atoms in total. The third-order valence-electron chi connectivity index (χ3n) is 5.89. The van der Waals surface area contributed by atoms with Gasteiger partial charge in [-0.1, -0.05) is 36.4 Å². The van der Waals surface area contributed by atoms with Crippen LogP contribution in [0.3, 0.4) is 0 Å². The molecule has 2 N–H and O–H groups in total. The first-order valence-corrected chi connectivity index (χ1v) is 9.85. The van der Waals surface area contributed by atoms with Crippen LogP contribution in [0, 0.1) is 0 Å². The lowest BCUT2D eigenvalue weighted by molar-refractivity contribution is -0.144. The molecular weight excluding hydrogens is 368 g/mol. The second-order valence-corrected chi connectivity index (χ2v) is 7.73. The highest BCUT2D eigenvalue weighted by Gasteiger charge is 2.50. The highest BCUT2D eigenvalue weighted by atomic mass is 16.5. The number of carbonyl (C=O) groups excluding carboxylic acids is 2. The zero-order valence-electron chi connectivity index (χ0n) is 16.2. The number of hydrogen-bond donors (Lipinski definition) is 2. The smallest absolute Gasteiger partial charge is 0.326 e. The topological polar surface area (TPSA) is 76.7 Å². The molecule has 2 aromatic rings. The summed E-state index contributed by atoms with van der Waals surface area (Å²) in [6.07, 6.45) is 2.47. The van der Waals surface area contributed by atoms with E-state index in [1.54, 1.807) is 0 Å². The first-order chi connectivity index (χ1) is 14.1. The molecule has 1 saturated carbocycles. The van der Waals surface area contributed by atoms with E-state index in [1.807, 2.05) is 30.3 Å². The van der Waals surface area contributed by atoms with E-state index >= 15 is 0 Å². The van der Waals surface area contributed by atoms with Crippen molar-refractivity contribution in [2.75, 3.05) is 19.0 Å². The van der Waals surface area contributed by atoms with Crippen molar-refractivity contribution >= 4 is 28.9 Å². The molecule has 3 aliphatic rings. The van der Waals surface area contributed by atoms with Gasteiger partial charge in [0.05, 0.1) is 12.7 Å². The number of fused-ring (bicyclic) bond motifs is 2. The van der Waals surface area contributed by atoms with Crippen molar-refractivity contribution < 1.29 is 19.1 Å². The summed E-state index contributed by atoms with van der Waals surface area (Å²) < 4.78 is 10.8. The number of amides is 1. The van der Waals surface area contributed by atoms with E-state index < -0.39 is 5.54 Å². The summed E-state index contributed by atoms with van der Waals surface area (Å²) >= 11 is 0. The number of methoxy groups -OCH3 is 1. The fourth-order valence-corrected chi connectivity index (χ4v) is 4.14. The average molecular weight is 390 g/mol. The van der Waals surface area contributed by atoms with Crippen LogP contribution < -0.4 is 10.6 Å². The fraction of sp³-hybridized carbons (Fsp3) is 0.304. The standard InChI is InChI=1S/C23H22N2O4/c1-28-22(27)23(9-10-23)24-11-8-14-6-7-16-15(12-14)13-29-20(16)19-17-4-2-3-5-18(17)25-21(19)26/h2-7,12,24H,8-11,13H2,1H3,(H,25,26)/b20-19+. The molecule has 0 bridgehead atoms. The number of carbonyl (C=O) groups is 2. The second kappa shape index (κ2) is 6.74. The third-order valence-corrected chi connectivity index (χ3v) is 5.89. The molecule has 0 atom stereocenters. The van der Waals surface area contributed by atoms with Crippen LogP contribution in [0.1, 0.15) is 35.1 Å². The van der Waals surface area contributed by atoms with Crippen molar-refractivity contribution in [1.29, 1.82) is 0 Å². The zero-order valence-corrected chi connectivity index (χ0v) is 16.2. The minimum absolute atomic E-state index is 0.125. The summed E-state index contributed by atoms with van der Waals surface area (Å²) in [6, 6.07) is 13.9. The van der Waals surface area contributed by atoms with E-state index in [0.717, 1.165) is 41.6 Å². The Morgan fingerprint density at radius 3 is 2.83 bits per heavy atom. The summed E-state index contributed by atoms with van der Waals surface area (Å²) in [4.78, 5) is 24.3. The van der Waals surface area contributed by atoms with Crippen LogP contribution in [0.2, 0.25) is 0 Å². The SMILES string of the molecule is COC(=O)C1(NCCc2ccc3c(c2)CO/C3=C2/C(=O)Nc3ccccc32)CC1. The quantitative estimate of drug-likeness (QED) is 0.606. The van der Waals surface area contributed by atoms with Crippen molar-refractivity contribution in [1.82, 2.24) is 5.32 Å². The first-order valence-electron chi connectivity index (χ1n) is 9.85. The van der Waals surface area contributed by atoms with Crippen LogP contribution in [-0.2, 0) is 32.1 Å². The maximum Gasteiger partial charge on any atom is 0.326 e. The Balaban J connectivity index is 1.35. The van der Waals surface area contributed by atoms with Crippen molar-refractivity contribution in [3.63, 3.8) is 0 Å². The Morgan fingerprint density at radius 2 is 2.03 bits per heavy atom. The summed E-state index contributed by atoms with van der Waals surface area (Å²) in [6.45, 7) is 1.16. The molecule has 1 fully saturated rings. The van der Waals surface area contributed by atoms with Gasteiger partial charge in [-0.3, -0.25) is 9.59 Å². The van der Waals surface area contributed by atoms with Crippen LogP contribution >= 0.6 is 0 Å². The van der Waals surface area contributed by atoms with Gasteiger partial charge in [-0.05, 0) is 30.9 Å². The molecule has 0 radical (unpaired) electrons. The molecule has 2 heterocycles. The molecule has 2 aliphatic heterocycles. The van der Waals surface area contributed by atoms with Crippen molar-refractivity contribution in [2.24, 2.45) is 0 Å². The van der Waals surface area contributed by atoms with Gasteiger partial charge >= 0.3 is 5.97 Å². The van der Waals surface area contributed by atoms with E-state index in [4.69, 9.17) is 9.47 Å². The predicted octanol–water partition coefficient (Wildman–Crippen LogP) is 2.87.